The molecule has 1 fully saturated rings. The Balaban J connectivity index is 1.78. The summed E-state index contributed by atoms with van der Waals surface area (Å²) in [7, 11) is -0.381. The number of hydrogen-bond acceptors (Lipinski definition) is 5. The number of fused-ring (bicyclic) bond motifs is 1. The van der Waals surface area contributed by atoms with Crippen LogP contribution < -0.4 is 4.90 Å². The molecular formula is C13H18BN3O2. The molecule has 2 aromatic rings. The standard InChI is InChI=1S/C13H18BN3O2/c1-10-3-4-12-11(9-10)15-13(19-12)16-5-7-17(8-6-16)14(2)18/h3-4,9,18H,5-8H2,1-2H3. The number of nitrogens with zero attached hydrogens (tertiary/aromatic N) is 3. The van der Waals surface area contributed by atoms with Crippen LogP contribution in [0.5, 0.6) is 0 Å². The number of oxazole rings is 1. The second-order valence-electron chi connectivity index (χ2n) is 5.12. The lowest BCUT2D eigenvalue weighted by atomic mass is 9.84. The number of rotatable bonds is 2. The highest BCUT2D eigenvalue weighted by Gasteiger charge is 2.24. The van der Waals surface area contributed by atoms with Gasteiger partial charge in [0.1, 0.15) is 5.52 Å². The molecule has 1 saturated heterocycles. The normalized spacial score (nSPS) is 17.1. The summed E-state index contributed by atoms with van der Waals surface area (Å²) in [6.45, 7) is 7.17. The van der Waals surface area contributed by atoms with Crippen molar-refractivity contribution in [1.82, 2.24) is 9.79 Å². The van der Waals surface area contributed by atoms with Crippen LogP contribution in [0.15, 0.2) is 22.6 Å². The van der Waals surface area contributed by atoms with Gasteiger partial charge in [-0.2, -0.15) is 4.98 Å². The first kappa shape index (κ1) is 12.5. The molecule has 1 N–H and O–H groups in total. The summed E-state index contributed by atoms with van der Waals surface area (Å²) in [5, 5.41) is 9.55. The largest absolute Gasteiger partial charge is 0.437 e. The van der Waals surface area contributed by atoms with Crippen LogP contribution in [0.3, 0.4) is 0 Å². The van der Waals surface area contributed by atoms with Crippen molar-refractivity contribution in [3.05, 3.63) is 23.8 Å². The second-order valence-corrected chi connectivity index (χ2v) is 5.12. The lowest BCUT2D eigenvalue weighted by molar-refractivity contribution is 0.337. The van der Waals surface area contributed by atoms with E-state index in [1.54, 1.807) is 6.82 Å². The molecule has 19 heavy (non-hydrogen) atoms. The molecule has 0 atom stereocenters. The van der Waals surface area contributed by atoms with Crippen molar-refractivity contribution in [3.63, 3.8) is 0 Å². The van der Waals surface area contributed by atoms with Crippen LogP contribution in [-0.4, -0.2) is 48.0 Å². The molecule has 0 aliphatic carbocycles. The predicted molar refractivity (Wildman–Crippen MR) is 76.4 cm³/mol. The quantitative estimate of drug-likeness (QED) is 0.825. The van der Waals surface area contributed by atoms with Crippen LogP contribution in [0.25, 0.3) is 11.1 Å². The molecule has 0 spiro atoms. The fourth-order valence-electron chi connectivity index (χ4n) is 2.45. The van der Waals surface area contributed by atoms with E-state index in [1.165, 1.54) is 5.56 Å². The molecule has 6 heteroatoms. The Hall–Kier alpha value is -1.53. The molecule has 1 aliphatic heterocycles. The van der Waals surface area contributed by atoms with Gasteiger partial charge < -0.3 is 19.2 Å². The molecule has 2 heterocycles. The highest BCUT2D eigenvalue weighted by atomic mass is 16.4. The summed E-state index contributed by atoms with van der Waals surface area (Å²) in [5.41, 5.74) is 2.93. The maximum Gasteiger partial charge on any atom is 0.376 e. The molecule has 5 nitrogen and oxygen atoms in total. The van der Waals surface area contributed by atoms with E-state index in [0.717, 1.165) is 37.3 Å². The van der Waals surface area contributed by atoms with Gasteiger partial charge in [0.2, 0.25) is 0 Å². The van der Waals surface area contributed by atoms with Gasteiger partial charge in [-0.15, -0.1) is 0 Å². The maximum atomic E-state index is 9.55. The highest BCUT2D eigenvalue weighted by molar-refractivity contribution is 6.45. The number of benzene rings is 1. The minimum atomic E-state index is -0.381. The maximum absolute atomic E-state index is 9.55. The van der Waals surface area contributed by atoms with E-state index < -0.39 is 0 Å². The summed E-state index contributed by atoms with van der Waals surface area (Å²) in [5.74, 6) is 0. The van der Waals surface area contributed by atoms with Crippen molar-refractivity contribution in [2.45, 2.75) is 13.7 Å². The molecule has 1 aliphatic rings. The van der Waals surface area contributed by atoms with E-state index in [4.69, 9.17) is 4.42 Å². The highest BCUT2D eigenvalue weighted by Crippen LogP contribution is 2.23. The molecular weight excluding hydrogens is 241 g/mol. The Bertz CT molecular complexity index is 576. The first-order valence-corrected chi connectivity index (χ1v) is 6.68. The summed E-state index contributed by atoms with van der Waals surface area (Å²) in [6.07, 6.45) is 0. The van der Waals surface area contributed by atoms with Gasteiger partial charge in [-0.25, -0.2) is 0 Å². The second kappa shape index (κ2) is 4.87. The SMILES string of the molecule is CB(O)N1CCN(c2nc3cc(C)ccc3o2)CC1. The smallest absolute Gasteiger partial charge is 0.376 e. The number of piperazine rings is 1. The van der Waals surface area contributed by atoms with E-state index in [-0.39, 0.29) is 7.05 Å². The zero-order chi connectivity index (χ0) is 13.4. The molecule has 1 aromatic heterocycles. The average Bonchev–Trinajstić information content (AvgIpc) is 2.81. The third-order valence-corrected chi connectivity index (χ3v) is 3.65. The number of anilines is 1. The van der Waals surface area contributed by atoms with E-state index in [9.17, 15) is 5.02 Å². The zero-order valence-electron chi connectivity index (χ0n) is 11.3. The molecule has 0 amide bonds. The van der Waals surface area contributed by atoms with Crippen LogP contribution in [-0.2, 0) is 0 Å². The monoisotopic (exact) mass is 259 g/mol. The van der Waals surface area contributed by atoms with Crippen molar-refractivity contribution in [1.29, 1.82) is 0 Å². The van der Waals surface area contributed by atoms with Crippen molar-refractivity contribution in [3.8, 4) is 0 Å². The van der Waals surface area contributed by atoms with Crippen LogP contribution in [0, 0.1) is 6.92 Å². The molecule has 0 saturated carbocycles. The van der Waals surface area contributed by atoms with Crippen molar-refractivity contribution in [2.24, 2.45) is 0 Å². The lowest BCUT2D eigenvalue weighted by Gasteiger charge is -2.34. The first-order chi connectivity index (χ1) is 9.13. The van der Waals surface area contributed by atoms with Crippen LogP contribution in [0.2, 0.25) is 6.82 Å². The van der Waals surface area contributed by atoms with Crippen LogP contribution in [0.4, 0.5) is 6.01 Å². The first-order valence-electron chi connectivity index (χ1n) is 6.68. The Morgan fingerprint density at radius 1 is 1.26 bits per heavy atom. The van der Waals surface area contributed by atoms with Gasteiger partial charge >= 0.3 is 7.05 Å². The van der Waals surface area contributed by atoms with Crippen LogP contribution in [0.1, 0.15) is 5.56 Å². The molecule has 0 unspecified atom stereocenters. The Morgan fingerprint density at radius 2 is 2.00 bits per heavy atom. The summed E-state index contributed by atoms with van der Waals surface area (Å²) < 4.78 is 5.79. The van der Waals surface area contributed by atoms with Gasteiger partial charge in [0.15, 0.2) is 5.58 Å². The zero-order valence-corrected chi connectivity index (χ0v) is 11.3. The van der Waals surface area contributed by atoms with E-state index in [2.05, 4.69) is 16.8 Å². The number of aryl methyl sites for hydroxylation is 1. The molecule has 0 bridgehead atoms. The number of aromatic nitrogens is 1. The minimum absolute atomic E-state index is 0.381. The van der Waals surface area contributed by atoms with Gasteiger partial charge in [0.25, 0.3) is 6.01 Å². The van der Waals surface area contributed by atoms with Crippen molar-refractivity contribution >= 4 is 24.2 Å². The summed E-state index contributed by atoms with van der Waals surface area (Å²) >= 11 is 0. The Kier molecular flexibility index (Phi) is 3.20. The third kappa shape index (κ3) is 2.46. The topological polar surface area (TPSA) is 52.7 Å². The van der Waals surface area contributed by atoms with E-state index >= 15 is 0 Å². The van der Waals surface area contributed by atoms with Gasteiger partial charge in [0.05, 0.1) is 0 Å². The van der Waals surface area contributed by atoms with Crippen molar-refractivity contribution < 1.29 is 9.44 Å². The van der Waals surface area contributed by atoms with Crippen molar-refractivity contribution in [2.75, 3.05) is 31.1 Å². The lowest BCUT2D eigenvalue weighted by Crippen LogP contribution is -2.51. The summed E-state index contributed by atoms with van der Waals surface area (Å²) in [4.78, 5) is 8.72. The number of hydrogen-bond donors (Lipinski definition) is 1. The Labute approximate surface area is 113 Å². The third-order valence-electron chi connectivity index (χ3n) is 3.65. The van der Waals surface area contributed by atoms with Gasteiger partial charge in [-0.05, 0) is 31.4 Å². The Morgan fingerprint density at radius 3 is 2.68 bits per heavy atom. The summed E-state index contributed by atoms with van der Waals surface area (Å²) in [6, 6.07) is 6.72. The van der Waals surface area contributed by atoms with Gasteiger partial charge in [-0.1, -0.05) is 6.07 Å². The fourth-order valence-corrected chi connectivity index (χ4v) is 2.45. The molecule has 0 radical (unpaired) electrons. The predicted octanol–water partition coefficient (Wildman–Crippen LogP) is 1.37. The molecule has 1 aromatic carbocycles. The van der Waals surface area contributed by atoms with Crippen LogP contribution >= 0.6 is 0 Å². The molecule has 100 valence electrons. The van der Waals surface area contributed by atoms with E-state index in [0.29, 0.717) is 6.01 Å². The van der Waals surface area contributed by atoms with Gasteiger partial charge in [0, 0.05) is 26.2 Å². The fraction of sp³-hybridized carbons (Fsp3) is 0.462. The molecule has 3 rings (SSSR count). The minimum Gasteiger partial charge on any atom is -0.437 e. The van der Waals surface area contributed by atoms with E-state index in [1.807, 2.05) is 23.0 Å². The van der Waals surface area contributed by atoms with Gasteiger partial charge in [-0.3, -0.25) is 0 Å². The average molecular weight is 259 g/mol.